The highest BCUT2D eigenvalue weighted by Gasteiger charge is 2.23. The lowest BCUT2D eigenvalue weighted by molar-refractivity contribution is 0.0889. The van der Waals surface area contributed by atoms with E-state index in [2.05, 4.69) is 15.9 Å². The minimum Gasteiger partial charge on any atom is -0.489 e. The second-order valence-electron chi connectivity index (χ2n) is 4.16. The Hall–Kier alpha value is -1.30. The molecule has 18 heavy (non-hydrogen) atoms. The van der Waals surface area contributed by atoms with Crippen LogP contribution in [0.4, 0.5) is 9.18 Å². The average molecular weight is 318 g/mol. The first kappa shape index (κ1) is 13.1. The summed E-state index contributed by atoms with van der Waals surface area (Å²) in [5.74, 6) is 0.111. The van der Waals surface area contributed by atoms with Gasteiger partial charge in [-0.15, -0.1) is 0 Å². The highest BCUT2D eigenvalue weighted by atomic mass is 79.9. The van der Waals surface area contributed by atoms with Crippen molar-refractivity contribution in [2.75, 3.05) is 13.1 Å². The molecule has 0 aromatic heterocycles. The van der Waals surface area contributed by atoms with Crippen LogP contribution < -0.4 is 4.74 Å². The van der Waals surface area contributed by atoms with E-state index in [1.54, 1.807) is 6.07 Å². The molecule has 1 heterocycles. The zero-order valence-electron chi connectivity index (χ0n) is 9.60. The van der Waals surface area contributed by atoms with Gasteiger partial charge < -0.3 is 14.7 Å². The number of hydrogen-bond acceptors (Lipinski definition) is 2. The van der Waals surface area contributed by atoms with Gasteiger partial charge >= 0.3 is 6.09 Å². The van der Waals surface area contributed by atoms with Crippen LogP contribution in [-0.2, 0) is 0 Å². The Morgan fingerprint density at radius 2 is 2.11 bits per heavy atom. The molecule has 0 radical (unpaired) electrons. The maximum atomic E-state index is 13.1. The maximum absolute atomic E-state index is 13.1. The smallest absolute Gasteiger partial charge is 0.407 e. The van der Waals surface area contributed by atoms with Gasteiger partial charge in [-0.2, -0.15) is 0 Å². The van der Waals surface area contributed by atoms with Gasteiger partial charge in [0.25, 0.3) is 0 Å². The highest BCUT2D eigenvalue weighted by Crippen LogP contribution is 2.28. The van der Waals surface area contributed by atoms with Crippen molar-refractivity contribution in [1.29, 1.82) is 0 Å². The molecule has 1 aromatic rings. The summed E-state index contributed by atoms with van der Waals surface area (Å²) in [5, 5.41) is 8.82. The van der Waals surface area contributed by atoms with E-state index >= 15 is 0 Å². The van der Waals surface area contributed by atoms with Crippen LogP contribution in [-0.4, -0.2) is 35.3 Å². The first-order valence-electron chi connectivity index (χ1n) is 5.66. The lowest BCUT2D eigenvalue weighted by Crippen LogP contribution is -2.41. The number of benzene rings is 1. The number of rotatable bonds is 2. The van der Waals surface area contributed by atoms with Gasteiger partial charge in [0, 0.05) is 32.0 Å². The molecule has 6 heteroatoms. The van der Waals surface area contributed by atoms with Crippen molar-refractivity contribution in [3.8, 4) is 5.75 Å². The van der Waals surface area contributed by atoms with Crippen LogP contribution in [0, 0.1) is 5.82 Å². The Morgan fingerprint density at radius 3 is 2.72 bits per heavy atom. The summed E-state index contributed by atoms with van der Waals surface area (Å²) in [5.41, 5.74) is 0. The largest absolute Gasteiger partial charge is 0.489 e. The fraction of sp³-hybridized carbons (Fsp3) is 0.417. The predicted molar refractivity (Wildman–Crippen MR) is 67.3 cm³/mol. The fourth-order valence-corrected chi connectivity index (χ4v) is 2.25. The molecule has 0 bridgehead atoms. The summed E-state index contributed by atoms with van der Waals surface area (Å²) in [6.45, 7) is 0.903. The maximum Gasteiger partial charge on any atom is 0.407 e. The second-order valence-corrected chi connectivity index (χ2v) is 5.02. The molecular formula is C12H13BrFNO3. The SMILES string of the molecule is O=C(O)N1CCC(Oc2cc(F)ccc2Br)CC1. The summed E-state index contributed by atoms with van der Waals surface area (Å²) in [4.78, 5) is 12.1. The van der Waals surface area contributed by atoms with E-state index in [4.69, 9.17) is 9.84 Å². The molecule has 1 amide bonds. The molecule has 1 aliphatic rings. The normalized spacial score (nSPS) is 16.7. The number of ether oxygens (including phenoxy) is 1. The average Bonchev–Trinajstić information content (AvgIpc) is 2.34. The molecule has 0 saturated carbocycles. The van der Waals surface area contributed by atoms with Crippen molar-refractivity contribution in [3.63, 3.8) is 0 Å². The summed E-state index contributed by atoms with van der Waals surface area (Å²) >= 11 is 3.30. The Labute approximate surface area is 112 Å². The Bertz CT molecular complexity index is 447. The van der Waals surface area contributed by atoms with Gasteiger partial charge in [-0.05, 0) is 28.1 Å². The third-order valence-corrected chi connectivity index (χ3v) is 3.55. The lowest BCUT2D eigenvalue weighted by Gasteiger charge is -2.30. The highest BCUT2D eigenvalue weighted by molar-refractivity contribution is 9.10. The second kappa shape index (κ2) is 5.56. The first-order valence-corrected chi connectivity index (χ1v) is 6.45. The molecule has 1 saturated heterocycles. The van der Waals surface area contributed by atoms with Gasteiger partial charge in [0.15, 0.2) is 0 Å². The van der Waals surface area contributed by atoms with Gasteiger partial charge in [0.1, 0.15) is 17.7 Å². The Balaban J connectivity index is 1.95. The van der Waals surface area contributed by atoms with Gasteiger partial charge in [-0.1, -0.05) is 0 Å². The zero-order valence-corrected chi connectivity index (χ0v) is 11.2. The molecule has 0 unspecified atom stereocenters. The number of likely N-dealkylation sites (tertiary alicyclic amines) is 1. The number of amides is 1. The van der Waals surface area contributed by atoms with Crippen molar-refractivity contribution in [2.45, 2.75) is 18.9 Å². The van der Waals surface area contributed by atoms with Crippen molar-refractivity contribution < 1.29 is 19.0 Å². The standard InChI is InChI=1S/C12H13BrFNO3/c13-10-2-1-8(14)7-11(10)18-9-3-5-15(6-4-9)12(16)17/h1-2,7,9H,3-6H2,(H,16,17). The van der Waals surface area contributed by atoms with Gasteiger partial charge in [0.2, 0.25) is 0 Å². The summed E-state index contributed by atoms with van der Waals surface area (Å²) in [6, 6.07) is 4.27. The molecule has 1 N–H and O–H groups in total. The van der Waals surface area contributed by atoms with E-state index < -0.39 is 6.09 Å². The first-order chi connectivity index (χ1) is 8.56. The summed E-state index contributed by atoms with van der Waals surface area (Å²) in [7, 11) is 0. The van der Waals surface area contributed by atoms with Crippen molar-refractivity contribution >= 4 is 22.0 Å². The molecule has 0 aliphatic carbocycles. The van der Waals surface area contributed by atoms with Crippen LogP contribution in [0.2, 0.25) is 0 Å². The molecule has 98 valence electrons. The van der Waals surface area contributed by atoms with Gasteiger partial charge in [0.05, 0.1) is 4.47 Å². The van der Waals surface area contributed by atoms with Gasteiger partial charge in [-0.3, -0.25) is 0 Å². The predicted octanol–water partition coefficient (Wildman–Crippen LogP) is 3.11. The Kier molecular flexibility index (Phi) is 4.06. The van der Waals surface area contributed by atoms with E-state index in [0.717, 1.165) is 0 Å². The van der Waals surface area contributed by atoms with E-state index in [0.29, 0.717) is 36.2 Å². The number of carboxylic acid groups (broad SMARTS) is 1. The van der Waals surface area contributed by atoms with E-state index in [1.807, 2.05) is 0 Å². The molecule has 2 rings (SSSR count). The third-order valence-electron chi connectivity index (χ3n) is 2.90. The monoisotopic (exact) mass is 317 g/mol. The minimum absolute atomic E-state index is 0.0706. The zero-order chi connectivity index (χ0) is 13.1. The van der Waals surface area contributed by atoms with Crippen molar-refractivity contribution in [1.82, 2.24) is 4.90 Å². The summed E-state index contributed by atoms with van der Waals surface area (Å²) < 4.78 is 19.5. The molecule has 0 atom stereocenters. The fourth-order valence-electron chi connectivity index (χ4n) is 1.91. The molecule has 1 aromatic carbocycles. The minimum atomic E-state index is -0.902. The van der Waals surface area contributed by atoms with E-state index in [9.17, 15) is 9.18 Å². The molecule has 4 nitrogen and oxygen atoms in total. The summed E-state index contributed by atoms with van der Waals surface area (Å²) in [6.07, 6.45) is 0.268. The number of carbonyl (C=O) groups is 1. The topological polar surface area (TPSA) is 49.8 Å². The number of nitrogens with zero attached hydrogens (tertiary/aromatic N) is 1. The van der Waals surface area contributed by atoms with Crippen LogP contribution >= 0.6 is 15.9 Å². The number of piperidine rings is 1. The molecule has 1 fully saturated rings. The van der Waals surface area contributed by atoms with Crippen LogP contribution in [0.5, 0.6) is 5.75 Å². The van der Waals surface area contributed by atoms with Crippen LogP contribution in [0.15, 0.2) is 22.7 Å². The lowest BCUT2D eigenvalue weighted by atomic mass is 10.1. The van der Waals surface area contributed by atoms with E-state index in [-0.39, 0.29) is 11.9 Å². The van der Waals surface area contributed by atoms with Crippen LogP contribution in [0.3, 0.4) is 0 Å². The molecular weight excluding hydrogens is 305 g/mol. The molecule has 1 aliphatic heterocycles. The molecule has 0 spiro atoms. The third kappa shape index (κ3) is 3.13. The van der Waals surface area contributed by atoms with Crippen LogP contribution in [0.25, 0.3) is 0 Å². The van der Waals surface area contributed by atoms with Gasteiger partial charge in [-0.25, -0.2) is 9.18 Å². The number of halogens is 2. The van der Waals surface area contributed by atoms with Crippen molar-refractivity contribution in [3.05, 3.63) is 28.5 Å². The number of hydrogen-bond donors (Lipinski definition) is 1. The van der Waals surface area contributed by atoms with Crippen LogP contribution in [0.1, 0.15) is 12.8 Å². The van der Waals surface area contributed by atoms with E-state index in [1.165, 1.54) is 17.0 Å². The quantitative estimate of drug-likeness (QED) is 0.911. The van der Waals surface area contributed by atoms with Crippen molar-refractivity contribution in [2.24, 2.45) is 0 Å². The Morgan fingerprint density at radius 1 is 1.44 bits per heavy atom.